The first-order valence-corrected chi connectivity index (χ1v) is 25.6. The van der Waals surface area contributed by atoms with E-state index in [1.807, 2.05) is 91.0 Å². The molecule has 0 spiro atoms. The Balaban J connectivity index is 1.16. The maximum atomic E-state index is 14.7. The third kappa shape index (κ3) is 12.5. The largest absolute Gasteiger partial charge is 0.477 e. The van der Waals surface area contributed by atoms with Crippen molar-refractivity contribution in [2.24, 2.45) is 5.16 Å². The van der Waals surface area contributed by atoms with Gasteiger partial charge in [0.2, 0.25) is 5.60 Å². The summed E-state index contributed by atoms with van der Waals surface area (Å²) in [6.07, 6.45) is -1.27. The molecule has 360 valence electrons. The number of thioether (sulfide) groups is 3. The summed E-state index contributed by atoms with van der Waals surface area (Å²) in [6, 6.07) is 31.7. The van der Waals surface area contributed by atoms with E-state index >= 15 is 0 Å². The van der Waals surface area contributed by atoms with E-state index in [0.717, 1.165) is 9.90 Å². The molecule has 4 heterocycles. The second-order valence-corrected chi connectivity index (χ2v) is 21.9. The number of carbonyl (C=O) groups is 5. The normalized spacial score (nSPS) is 16.2. The van der Waals surface area contributed by atoms with Crippen molar-refractivity contribution in [3.05, 3.63) is 153 Å². The second-order valence-electron chi connectivity index (χ2n) is 17.5. The minimum atomic E-state index is -1.41. The van der Waals surface area contributed by atoms with E-state index in [9.17, 15) is 29.1 Å². The topological polar surface area (TPSA) is 211 Å². The van der Waals surface area contributed by atoms with Crippen LogP contribution in [-0.4, -0.2) is 96.3 Å². The standard InChI is InChI=1S/C49H51N7O9S4/c1-47(2,3)63-45(61)50-25-26-66-27-34-44(68-29-51-34)69-35-28-67-42-38(41(58)56(42)39(35)43(59)60)54-40(57)37(33-23-16-24-36(52-33)53-46(62)64-48(4,5)6)55-65-49(30-17-10-7-11-18-30,31-19-12-8-13-20-31)32-21-14-9-15-22-32/h7-24,29,38,42H,25-28H2,1-6H3,(H,50,61)(H,54,57)(H,59,60)(H,52,53,62)/t38-,42+/m1/s1. The number of anilines is 1. The molecule has 1 saturated heterocycles. The molecule has 1 fully saturated rings. The molecule has 2 aliphatic rings. The maximum absolute atomic E-state index is 14.7. The quantitative estimate of drug-likeness (QED) is 0.0226. The molecular formula is C49H51N7O9S4. The number of aliphatic carboxylic acids is 1. The molecule has 2 aromatic heterocycles. The molecule has 4 N–H and O–H groups in total. The third-order valence-corrected chi connectivity index (χ3v) is 14.7. The predicted octanol–water partition coefficient (Wildman–Crippen LogP) is 8.84. The lowest BCUT2D eigenvalue weighted by Crippen LogP contribution is -2.71. The van der Waals surface area contributed by atoms with Gasteiger partial charge in [0.25, 0.3) is 11.8 Å². The molecule has 2 atom stereocenters. The second kappa shape index (κ2) is 21.9. The van der Waals surface area contributed by atoms with Crippen LogP contribution >= 0.6 is 46.6 Å². The van der Waals surface area contributed by atoms with Crippen LogP contribution < -0.4 is 16.0 Å². The number of oxime groups is 1. The number of thiazole rings is 1. The molecule has 3 aromatic carbocycles. The van der Waals surface area contributed by atoms with Gasteiger partial charge in [0.1, 0.15) is 39.8 Å². The number of β-lactam (4-membered cyclic amide) rings is 1. The fourth-order valence-electron chi connectivity index (χ4n) is 7.18. The number of amides is 4. The van der Waals surface area contributed by atoms with Crippen LogP contribution in [0.2, 0.25) is 0 Å². The van der Waals surface area contributed by atoms with Gasteiger partial charge in [-0.05, 0) is 53.7 Å². The van der Waals surface area contributed by atoms with Gasteiger partial charge in [0, 0.05) is 45.4 Å². The molecular weight excluding hydrogens is 959 g/mol. The minimum absolute atomic E-state index is 0.00768. The predicted molar refractivity (Wildman–Crippen MR) is 269 cm³/mol. The van der Waals surface area contributed by atoms with Crippen molar-refractivity contribution in [3.63, 3.8) is 0 Å². The number of aromatic nitrogens is 2. The molecule has 0 bridgehead atoms. The Kier molecular flexibility index (Phi) is 16.1. The highest BCUT2D eigenvalue weighted by atomic mass is 32.2. The number of nitrogens with one attached hydrogen (secondary N) is 3. The Morgan fingerprint density at radius 3 is 2.00 bits per heavy atom. The summed E-state index contributed by atoms with van der Waals surface area (Å²) in [4.78, 5) is 84.1. The summed E-state index contributed by atoms with van der Waals surface area (Å²) in [5, 5.41) is 22.5. The van der Waals surface area contributed by atoms with E-state index in [1.165, 1.54) is 51.9 Å². The summed E-state index contributed by atoms with van der Waals surface area (Å²) in [5.74, 6) is -1.38. The van der Waals surface area contributed by atoms with Crippen molar-refractivity contribution in [1.29, 1.82) is 0 Å². The molecule has 0 saturated carbocycles. The van der Waals surface area contributed by atoms with E-state index in [2.05, 4.69) is 31.1 Å². The Morgan fingerprint density at radius 1 is 0.826 bits per heavy atom. The van der Waals surface area contributed by atoms with Crippen molar-refractivity contribution in [3.8, 4) is 0 Å². The molecule has 20 heteroatoms. The van der Waals surface area contributed by atoms with Crippen LogP contribution in [0.1, 0.15) is 69.6 Å². The van der Waals surface area contributed by atoms with E-state index in [1.54, 1.807) is 64.9 Å². The van der Waals surface area contributed by atoms with Crippen molar-refractivity contribution >= 4 is 88.1 Å². The zero-order chi connectivity index (χ0) is 49.3. The number of carboxylic acids is 1. The molecule has 0 radical (unpaired) electrons. The van der Waals surface area contributed by atoms with Crippen molar-refractivity contribution < 1.29 is 43.4 Å². The molecule has 4 amide bonds. The number of alkyl carbamates (subject to hydrolysis) is 1. The average molecular weight is 1010 g/mol. The maximum Gasteiger partial charge on any atom is 0.413 e. The van der Waals surface area contributed by atoms with Crippen LogP contribution in [0.15, 0.2) is 135 Å². The summed E-state index contributed by atoms with van der Waals surface area (Å²) >= 11 is 5.47. The van der Waals surface area contributed by atoms with E-state index < -0.39 is 58.2 Å². The first-order chi connectivity index (χ1) is 32.9. The lowest BCUT2D eigenvalue weighted by molar-refractivity contribution is -0.150. The van der Waals surface area contributed by atoms with E-state index in [-0.39, 0.29) is 28.7 Å². The molecule has 5 aromatic rings. The van der Waals surface area contributed by atoms with Crippen LogP contribution in [0.3, 0.4) is 0 Å². The molecule has 16 nitrogen and oxygen atoms in total. The number of fused-ring (bicyclic) bond motifs is 1. The number of hydrogen-bond acceptors (Lipinski definition) is 15. The van der Waals surface area contributed by atoms with E-state index in [0.29, 0.717) is 39.6 Å². The molecule has 2 aliphatic heterocycles. The summed E-state index contributed by atoms with van der Waals surface area (Å²) in [7, 11) is 0. The average Bonchev–Trinajstić information content (AvgIpc) is 3.75. The SMILES string of the molecule is CC(C)(C)OC(=O)NCCSCc1ncsc1SC1=C(C(=O)O)N2C(=O)[C@@H](NC(=O)C(=NOC(c3ccccc3)(c3ccccc3)c3ccccc3)c3cccc(NC(=O)OC(C)(C)C)n3)[C@@H]2SC1. The monoisotopic (exact) mass is 1010 g/mol. The van der Waals surface area contributed by atoms with Crippen molar-refractivity contribution in [1.82, 2.24) is 25.5 Å². The van der Waals surface area contributed by atoms with Gasteiger partial charge in [-0.1, -0.05) is 114 Å². The number of pyridine rings is 1. The van der Waals surface area contributed by atoms with Crippen LogP contribution in [-0.2, 0) is 40.0 Å². The number of carbonyl (C=O) groups excluding carboxylic acids is 4. The van der Waals surface area contributed by atoms with Gasteiger partial charge in [-0.25, -0.2) is 24.4 Å². The first-order valence-electron chi connectivity index (χ1n) is 21.7. The third-order valence-electron chi connectivity index (χ3n) is 10.0. The smallest absolute Gasteiger partial charge is 0.413 e. The Hall–Kier alpha value is -6.35. The van der Waals surface area contributed by atoms with Gasteiger partial charge in [-0.15, -0.1) is 23.1 Å². The number of nitrogens with zero attached hydrogens (tertiary/aromatic N) is 4. The number of hydrogen-bond donors (Lipinski definition) is 4. The fourth-order valence-corrected chi connectivity index (χ4v) is 11.7. The lowest BCUT2D eigenvalue weighted by atomic mass is 9.80. The van der Waals surface area contributed by atoms with Crippen LogP contribution in [0, 0.1) is 0 Å². The molecule has 0 unspecified atom stereocenters. The zero-order valence-electron chi connectivity index (χ0n) is 38.6. The summed E-state index contributed by atoms with van der Waals surface area (Å²) in [6.45, 7) is 10.9. The van der Waals surface area contributed by atoms with Gasteiger partial charge in [0.15, 0.2) is 5.71 Å². The van der Waals surface area contributed by atoms with Gasteiger partial charge in [-0.2, -0.15) is 11.8 Å². The van der Waals surface area contributed by atoms with Crippen LogP contribution in [0.5, 0.6) is 0 Å². The first kappa shape index (κ1) is 50.5. The highest BCUT2D eigenvalue weighted by Gasteiger charge is 2.55. The van der Waals surface area contributed by atoms with Crippen molar-refractivity contribution in [2.75, 3.05) is 23.4 Å². The van der Waals surface area contributed by atoms with Crippen LogP contribution in [0.25, 0.3) is 0 Å². The number of ether oxygens (including phenoxy) is 2. The van der Waals surface area contributed by atoms with Crippen LogP contribution in [0.4, 0.5) is 15.4 Å². The Morgan fingerprint density at radius 2 is 1.42 bits per heavy atom. The minimum Gasteiger partial charge on any atom is -0.477 e. The van der Waals surface area contributed by atoms with E-state index in [4.69, 9.17) is 14.3 Å². The molecule has 0 aliphatic carbocycles. The van der Waals surface area contributed by atoms with Crippen molar-refractivity contribution in [2.45, 2.75) is 79.7 Å². The number of carboxylic acid groups (broad SMARTS) is 1. The lowest BCUT2D eigenvalue weighted by Gasteiger charge is -2.49. The fraction of sp³-hybridized carbons (Fsp3) is 0.306. The highest BCUT2D eigenvalue weighted by molar-refractivity contribution is 8.07. The van der Waals surface area contributed by atoms with Gasteiger partial charge in [-0.3, -0.25) is 19.8 Å². The Labute approximate surface area is 416 Å². The Bertz CT molecular complexity index is 2630. The van der Waals surface area contributed by atoms with Gasteiger partial charge in [0.05, 0.1) is 15.4 Å². The summed E-state index contributed by atoms with van der Waals surface area (Å²) < 4.78 is 11.5. The van der Waals surface area contributed by atoms with Gasteiger partial charge < -0.3 is 30.1 Å². The number of rotatable bonds is 17. The molecule has 69 heavy (non-hydrogen) atoms. The molecule has 7 rings (SSSR count). The van der Waals surface area contributed by atoms with Gasteiger partial charge >= 0.3 is 18.2 Å². The summed E-state index contributed by atoms with van der Waals surface area (Å²) in [5.41, 5.74) is 1.19. The highest BCUT2D eigenvalue weighted by Crippen LogP contribution is 2.47. The zero-order valence-corrected chi connectivity index (χ0v) is 41.9. The number of benzene rings is 3.